The van der Waals surface area contributed by atoms with E-state index >= 15 is 0 Å². The molecule has 2 heterocycles. The third-order valence-corrected chi connectivity index (χ3v) is 6.66. The summed E-state index contributed by atoms with van der Waals surface area (Å²) in [6.45, 7) is 4.66. The summed E-state index contributed by atoms with van der Waals surface area (Å²) in [5.74, 6) is 0. The average molecular weight is 330 g/mol. The number of hydrogen-bond donors (Lipinski definition) is 0. The quantitative estimate of drug-likeness (QED) is 0.544. The molecule has 128 valence electrons. The molecule has 1 spiro atoms. The van der Waals surface area contributed by atoms with Gasteiger partial charge in [-0.3, -0.25) is 0 Å². The highest BCUT2D eigenvalue weighted by Gasteiger charge is 2.53. The van der Waals surface area contributed by atoms with E-state index in [0.29, 0.717) is 6.04 Å². The van der Waals surface area contributed by atoms with Crippen LogP contribution in [0, 0.1) is 6.92 Å². The predicted octanol–water partition coefficient (Wildman–Crippen LogP) is 5.84. The molecule has 1 aliphatic heterocycles. The van der Waals surface area contributed by atoms with Gasteiger partial charge in [0.15, 0.2) is 0 Å². The van der Waals surface area contributed by atoms with Crippen LogP contribution >= 0.6 is 0 Å². The minimum Gasteiger partial charge on any atom is -0.353 e. The van der Waals surface area contributed by atoms with E-state index in [-0.39, 0.29) is 5.54 Å². The SMILES string of the molecule is Cc1ccccc1N1[C@@H](C)c2c(n(C)c3ccccc23)C12CCCC2. The fourth-order valence-corrected chi connectivity index (χ4v) is 5.73. The molecule has 25 heavy (non-hydrogen) atoms. The summed E-state index contributed by atoms with van der Waals surface area (Å²) < 4.78 is 2.49. The highest BCUT2D eigenvalue weighted by atomic mass is 15.3. The largest absolute Gasteiger partial charge is 0.353 e. The van der Waals surface area contributed by atoms with Crippen LogP contribution in [0.25, 0.3) is 10.9 Å². The van der Waals surface area contributed by atoms with E-state index < -0.39 is 0 Å². The van der Waals surface area contributed by atoms with Crippen LogP contribution in [0.4, 0.5) is 5.69 Å². The number of para-hydroxylation sites is 2. The zero-order chi connectivity index (χ0) is 17.2. The Labute approximate surface area is 150 Å². The summed E-state index contributed by atoms with van der Waals surface area (Å²) in [7, 11) is 2.27. The molecule has 2 nitrogen and oxygen atoms in total. The smallest absolute Gasteiger partial charge is 0.0814 e. The van der Waals surface area contributed by atoms with Gasteiger partial charge in [0.2, 0.25) is 0 Å². The maximum absolute atomic E-state index is 2.76. The molecule has 0 N–H and O–H groups in total. The van der Waals surface area contributed by atoms with Crippen molar-refractivity contribution < 1.29 is 0 Å². The number of aromatic nitrogens is 1. The number of aryl methyl sites for hydroxylation is 2. The Morgan fingerprint density at radius 1 is 0.960 bits per heavy atom. The van der Waals surface area contributed by atoms with Crippen molar-refractivity contribution >= 4 is 16.6 Å². The first-order valence-electron chi connectivity index (χ1n) is 9.58. The van der Waals surface area contributed by atoms with Gasteiger partial charge in [-0.05, 0) is 44.4 Å². The summed E-state index contributed by atoms with van der Waals surface area (Å²) in [6, 6.07) is 18.3. The van der Waals surface area contributed by atoms with Gasteiger partial charge in [0, 0.05) is 34.9 Å². The topological polar surface area (TPSA) is 8.17 Å². The second-order valence-electron chi connectivity index (χ2n) is 7.91. The van der Waals surface area contributed by atoms with Gasteiger partial charge < -0.3 is 9.47 Å². The standard InChI is InChI=1S/C23H26N2/c1-16-10-4-6-12-19(16)25-17(2)21-18-11-5-7-13-20(18)24(3)22(21)23(25)14-8-9-15-23/h4-7,10-13,17H,8-9,14-15H2,1-3H3/t17-/m0/s1. The number of benzene rings is 2. The lowest BCUT2D eigenvalue weighted by Crippen LogP contribution is -2.41. The third-order valence-electron chi connectivity index (χ3n) is 6.66. The molecule has 2 aromatic carbocycles. The van der Waals surface area contributed by atoms with Gasteiger partial charge in [0.05, 0.1) is 11.6 Å². The average Bonchev–Trinajstić information content (AvgIpc) is 3.27. The molecular formula is C23H26N2. The van der Waals surface area contributed by atoms with Crippen LogP contribution < -0.4 is 4.90 Å². The van der Waals surface area contributed by atoms with E-state index in [4.69, 9.17) is 0 Å². The van der Waals surface area contributed by atoms with Crippen molar-refractivity contribution in [3.63, 3.8) is 0 Å². The van der Waals surface area contributed by atoms with E-state index in [9.17, 15) is 0 Å². The molecule has 2 aliphatic rings. The first-order valence-corrected chi connectivity index (χ1v) is 9.58. The van der Waals surface area contributed by atoms with E-state index in [0.717, 1.165) is 0 Å². The fourth-order valence-electron chi connectivity index (χ4n) is 5.73. The Kier molecular flexibility index (Phi) is 3.10. The van der Waals surface area contributed by atoms with Crippen LogP contribution in [0.2, 0.25) is 0 Å². The van der Waals surface area contributed by atoms with E-state index in [1.807, 2.05) is 0 Å². The lowest BCUT2D eigenvalue weighted by molar-refractivity contribution is 0.398. The monoisotopic (exact) mass is 330 g/mol. The summed E-state index contributed by atoms with van der Waals surface area (Å²) in [5, 5.41) is 1.44. The van der Waals surface area contributed by atoms with Gasteiger partial charge in [-0.15, -0.1) is 0 Å². The molecule has 0 saturated heterocycles. The van der Waals surface area contributed by atoms with E-state index in [1.54, 1.807) is 11.3 Å². The van der Waals surface area contributed by atoms with E-state index in [1.165, 1.54) is 47.8 Å². The van der Waals surface area contributed by atoms with Crippen LogP contribution in [0.15, 0.2) is 48.5 Å². The van der Waals surface area contributed by atoms with Crippen LogP contribution in [0.1, 0.15) is 55.5 Å². The predicted molar refractivity (Wildman–Crippen MR) is 105 cm³/mol. The number of hydrogen-bond acceptors (Lipinski definition) is 1. The second-order valence-corrected chi connectivity index (χ2v) is 7.91. The zero-order valence-corrected chi connectivity index (χ0v) is 15.4. The first-order chi connectivity index (χ1) is 12.1. The highest BCUT2D eigenvalue weighted by molar-refractivity contribution is 5.89. The summed E-state index contributed by atoms with van der Waals surface area (Å²) in [4.78, 5) is 2.76. The van der Waals surface area contributed by atoms with Crippen molar-refractivity contribution in [2.45, 2.75) is 51.1 Å². The Morgan fingerprint density at radius 2 is 1.64 bits per heavy atom. The van der Waals surface area contributed by atoms with Crippen molar-refractivity contribution in [1.29, 1.82) is 0 Å². The number of fused-ring (bicyclic) bond motifs is 4. The molecule has 1 aliphatic carbocycles. The molecule has 0 amide bonds. The van der Waals surface area contributed by atoms with Crippen molar-refractivity contribution in [1.82, 2.24) is 4.57 Å². The van der Waals surface area contributed by atoms with Gasteiger partial charge in [0.1, 0.15) is 0 Å². The summed E-state index contributed by atoms with van der Waals surface area (Å²) in [6.07, 6.45) is 5.19. The number of nitrogens with zero attached hydrogens (tertiary/aromatic N) is 2. The third kappa shape index (κ3) is 1.80. The first kappa shape index (κ1) is 15.1. The maximum Gasteiger partial charge on any atom is 0.0814 e. The van der Waals surface area contributed by atoms with Gasteiger partial charge in [0.25, 0.3) is 0 Å². The Bertz CT molecular complexity index is 959. The highest BCUT2D eigenvalue weighted by Crippen LogP contribution is 2.58. The lowest BCUT2D eigenvalue weighted by Gasteiger charge is -2.41. The van der Waals surface area contributed by atoms with Gasteiger partial charge in [-0.1, -0.05) is 49.2 Å². The van der Waals surface area contributed by atoms with Crippen molar-refractivity contribution in [2.75, 3.05) is 4.90 Å². The number of anilines is 1. The fraction of sp³-hybridized carbons (Fsp3) is 0.391. The number of rotatable bonds is 1. The van der Waals surface area contributed by atoms with Crippen molar-refractivity contribution in [3.8, 4) is 0 Å². The van der Waals surface area contributed by atoms with Crippen LogP contribution in [0.3, 0.4) is 0 Å². The molecular weight excluding hydrogens is 304 g/mol. The Balaban J connectivity index is 1.83. The van der Waals surface area contributed by atoms with Gasteiger partial charge in [-0.25, -0.2) is 0 Å². The maximum atomic E-state index is 2.76. The summed E-state index contributed by atoms with van der Waals surface area (Å²) in [5.41, 5.74) is 7.48. The molecule has 0 unspecified atom stereocenters. The molecule has 2 heteroatoms. The Morgan fingerprint density at radius 3 is 2.40 bits per heavy atom. The van der Waals surface area contributed by atoms with Crippen LogP contribution in [-0.4, -0.2) is 4.57 Å². The van der Waals surface area contributed by atoms with Crippen LogP contribution in [-0.2, 0) is 12.6 Å². The van der Waals surface area contributed by atoms with E-state index in [2.05, 4.69) is 78.9 Å². The molecule has 1 atom stereocenters. The van der Waals surface area contributed by atoms with Crippen molar-refractivity contribution in [2.24, 2.45) is 7.05 Å². The minimum atomic E-state index is 0.161. The van der Waals surface area contributed by atoms with Crippen molar-refractivity contribution in [3.05, 3.63) is 65.4 Å². The molecule has 5 rings (SSSR count). The Hall–Kier alpha value is -2.22. The molecule has 1 saturated carbocycles. The van der Waals surface area contributed by atoms with Gasteiger partial charge in [-0.2, -0.15) is 0 Å². The molecule has 0 bridgehead atoms. The minimum absolute atomic E-state index is 0.161. The van der Waals surface area contributed by atoms with Gasteiger partial charge >= 0.3 is 0 Å². The lowest BCUT2D eigenvalue weighted by atomic mass is 9.92. The second kappa shape index (κ2) is 5.14. The molecule has 3 aromatic rings. The zero-order valence-electron chi connectivity index (χ0n) is 15.4. The molecule has 0 radical (unpaired) electrons. The normalized spacial score (nSPS) is 21.4. The van der Waals surface area contributed by atoms with Crippen LogP contribution in [0.5, 0.6) is 0 Å². The molecule has 1 aromatic heterocycles. The molecule has 1 fully saturated rings. The summed E-state index contributed by atoms with van der Waals surface area (Å²) >= 11 is 0.